The molecule has 1 amide bonds. The van der Waals surface area contributed by atoms with Crippen LogP contribution in [0.3, 0.4) is 0 Å². The number of hydrogen-bond acceptors (Lipinski definition) is 9. The first-order valence-corrected chi connectivity index (χ1v) is 11.8. The number of hydrogen-bond donors (Lipinski definition) is 4. The number of phenolic OH excluding ortho intramolecular Hbond substituents is 1. The molecule has 11 heteroatoms. The Morgan fingerprint density at radius 1 is 1.11 bits per heavy atom. The Labute approximate surface area is 218 Å². The van der Waals surface area contributed by atoms with Crippen molar-refractivity contribution in [2.24, 2.45) is 0 Å². The molecule has 2 heterocycles. The normalized spacial score (nSPS) is 12.6. The Morgan fingerprint density at radius 3 is 2.58 bits per heavy atom. The van der Waals surface area contributed by atoms with Crippen molar-refractivity contribution in [1.82, 2.24) is 20.5 Å². The van der Waals surface area contributed by atoms with Crippen molar-refractivity contribution in [3.63, 3.8) is 0 Å². The van der Waals surface area contributed by atoms with Crippen LogP contribution in [0, 0.1) is 6.92 Å². The largest absolute Gasteiger partial charge is 0.504 e. The van der Waals surface area contributed by atoms with Gasteiger partial charge in [0.15, 0.2) is 28.9 Å². The molecule has 0 aliphatic rings. The van der Waals surface area contributed by atoms with E-state index in [2.05, 4.69) is 20.5 Å². The van der Waals surface area contributed by atoms with E-state index in [1.165, 1.54) is 32.4 Å². The molecular weight excluding hydrogens is 492 g/mol. The van der Waals surface area contributed by atoms with Crippen LogP contribution in [0.5, 0.6) is 17.2 Å². The number of nitrogens with one attached hydrogen (secondary N) is 2. The highest BCUT2D eigenvalue weighted by molar-refractivity contribution is 5.78. The van der Waals surface area contributed by atoms with Crippen LogP contribution >= 0.6 is 0 Å². The molecular formula is C27H28N4O7. The summed E-state index contributed by atoms with van der Waals surface area (Å²) < 4.78 is 16.1. The molecule has 0 bridgehead atoms. The number of rotatable bonds is 10. The van der Waals surface area contributed by atoms with Gasteiger partial charge >= 0.3 is 0 Å². The first kappa shape index (κ1) is 26.4. The fourth-order valence-corrected chi connectivity index (χ4v) is 4.12. The molecule has 4 N–H and O–H groups in total. The van der Waals surface area contributed by atoms with Gasteiger partial charge in [0.1, 0.15) is 18.4 Å². The molecule has 38 heavy (non-hydrogen) atoms. The van der Waals surface area contributed by atoms with Gasteiger partial charge in [-0.1, -0.05) is 36.4 Å². The fraction of sp³-hybridized carbons (Fsp3) is 0.259. The van der Waals surface area contributed by atoms with Gasteiger partial charge in [-0.25, -0.2) is 4.98 Å². The van der Waals surface area contributed by atoms with E-state index in [4.69, 9.17) is 13.9 Å². The summed E-state index contributed by atoms with van der Waals surface area (Å²) in [5.41, 5.74) is 0.598. The number of aryl methyl sites for hydroxylation is 1. The first-order chi connectivity index (χ1) is 18.3. The summed E-state index contributed by atoms with van der Waals surface area (Å²) in [6.07, 6.45) is -0.216. The Balaban J connectivity index is 1.71. The van der Waals surface area contributed by atoms with Crippen molar-refractivity contribution in [3.05, 3.63) is 99.1 Å². The number of ether oxygens (including phenoxy) is 2. The Hall–Kier alpha value is -4.64. The highest BCUT2D eigenvalue weighted by Gasteiger charge is 2.29. The van der Waals surface area contributed by atoms with E-state index in [1.54, 1.807) is 13.0 Å². The molecule has 0 radical (unpaired) electrons. The van der Waals surface area contributed by atoms with Gasteiger partial charge in [0.05, 0.1) is 13.0 Å². The lowest BCUT2D eigenvalue weighted by Crippen LogP contribution is -2.31. The maximum absolute atomic E-state index is 13.5. The minimum atomic E-state index is -0.885. The third-order valence-corrected chi connectivity index (χ3v) is 5.91. The standard InChI is InChI=1S/C27H28N4O7/c1-15-11-20(33)25(35)26(38-15)18(17-9-10-19(32)21(12-17)37-3)13-23(34)29-24(16-7-5-4-6-8-16)27-28-22(14-36-2)30-31-27/h4-12,18,24,32,35H,13-14H2,1-3H3,(H,29,34)(H,28,30,31)/t18-,24-/m0/s1. The van der Waals surface area contributed by atoms with Crippen molar-refractivity contribution in [3.8, 4) is 17.2 Å². The van der Waals surface area contributed by atoms with Crippen molar-refractivity contribution in [2.75, 3.05) is 14.2 Å². The van der Waals surface area contributed by atoms with E-state index in [1.807, 2.05) is 30.3 Å². The smallest absolute Gasteiger partial charge is 0.227 e. The number of phenols is 1. The second kappa shape index (κ2) is 11.6. The summed E-state index contributed by atoms with van der Waals surface area (Å²) in [6.45, 7) is 1.80. The molecule has 0 fully saturated rings. The van der Waals surface area contributed by atoms with E-state index < -0.39 is 29.0 Å². The number of carbonyl (C=O) groups excluding carboxylic acids is 1. The summed E-state index contributed by atoms with van der Waals surface area (Å²) >= 11 is 0. The van der Waals surface area contributed by atoms with E-state index in [9.17, 15) is 19.8 Å². The molecule has 0 saturated heterocycles. The molecule has 2 atom stereocenters. The van der Waals surface area contributed by atoms with Gasteiger partial charge in [-0.15, -0.1) is 0 Å². The summed E-state index contributed by atoms with van der Waals surface area (Å²) in [5.74, 6) is -0.823. The number of nitrogens with zero attached hydrogens (tertiary/aromatic N) is 2. The molecule has 0 aliphatic carbocycles. The number of benzene rings is 2. The molecule has 4 aromatic rings. The van der Waals surface area contributed by atoms with Crippen molar-refractivity contribution >= 4 is 5.91 Å². The van der Waals surface area contributed by atoms with Gasteiger partial charge in [0, 0.05) is 19.6 Å². The number of aromatic amines is 1. The zero-order valence-corrected chi connectivity index (χ0v) is 21.1. The average molecular weight is 521 g/mol. The summed E-state index contributed by atoms with van der Waals surface area (Å²) in [7, 11) is 2.93. The molecule has 0 unspecified atom stereocenters. The number of aromatic hydroxyl groups is 2. The lowest BCUT2D eigenvalue weighted by atomic mass is 9.91. The number of H-pyrrole nitrogens is 1. The molecule has 0 saturated carbocycles. The molecule has 0 spiro atoms. The minimum Gasteiger partial charge on any atom is -0.504 e. The van der Waals surface area contributed by atoms with E-state index in [0.717, 1.165) is 5.56 Å². The second-order valence-corrected chi connectivity index (χ2v) is 8.61. The number of aromatic nitrogens is 3. The van der Waals surface area contributed by atoms with Crippen molar-refractivity contribution < 1.29 is 28.9 Å². The number of methoxy groups -OCH3 is 2. The maximum atomic E-state index is 13.5. The van der Waals surface area contributed by atoms with Crippen molar-refractivity contribution in [2.45, 2.75) is 31.9 Å². The average Bonchev–Trinajstić information content (AvgIpc) is 3.37. The third kappa shape index (κ3) is 5.84. The van der Waals surface area contributed by atoms with Gasteiger partial charge in [0.2, 0.25) is 17.1 Å². The van der Waals surface area contributed by atoms with Crippen LogP contribution < -0.4 is 15.5 Å². The molecule has 198 valence electrons. The maximum Gasteiger partial charge on any atom is 0.227 e. The topological polar surface area (TPSA) is 160 Å². The molecule has 2 aromatic heterocycles. The Kier molecular flexibility index (Phi) is 8.07. The van der Waals surface area contributed by atoms with Gasteiger partial charge < -0.3 is 29.4 Å². The predicted molar refractivity (Wildman–Crippen MR) is 136 cm³/mol. The van der Waals surface area contributed by atoms with Crippen LogP contribution in [0.2, 0.25) is 0 Å². The van der Waals surface area contributed by atoms with Gasteiger partial charge in [-0.2, -0.15) is 5.10 Å². The zero-order valence-electron chi connectivity index (χ0n) is 21.1. The highest BCUT2D eigenvalue weighted by atomic mass is 16.5. The SMILES string of the molecule is COCc1nc([C@@H](NC(=O)C[C@@H](c2ccc(O)c(OC)c2)c2oc(C)cc(=O)c2O)c2ccccc2)n[nH]1. The highest BCUT2D eigenvalue weighted by Crippen LogP contribution is 2.37. The third-order valence-electron chi connectivity index (χ3n) is 5.91. The van der Waals surface area contributed by atoms with Crippen LogP contribution in [-0.2, 0) is 16.1 Å². The van der Waals surface area contributed by atoms with Gasteiger partial charge in [-0.3, -0.25) is 14.7 Å². The second-order valence-electron chi connectivity index (χ2n) is 8.61. The molecule has 4 rings (SSSR count). The lowest BCUT2D eigenvalue weighted by Gasteiger charge is -2.21. The minimum absolute atomic E-state index is 0.0746. The van der Waals surface area contributed by atoms with Crippen molar-refractivity contribution in [1.29, 1.82) is 0 Å². The van der Waals surface area contributed by atoms with Crippen LogP contribution in [0.4, 0.5) is 0 Å². The van der Waals surface area contributed by atoms with E-state index in [0.29, 0.717) is 17.2 Å². The predicted octanol–water partition coefficient (Wildman–Crippen LogP) is 3.06. The van der Waals surface area contributed by atoms with Gasteiger partial charge in [-0.05, 0) is 30.2 Å². The Bertz CT molecular complexity index is 1470. The molecule has 0 aliphatic heterocycles. The van der Waals surface area contributed by atoms with Crippen LogP contribution in [-0.4, -0.2) is 45.5 Å². The van der Waals surface area contributed by atoms with E-state index in [-0.39, 0.29) is 36.0 Å². The first-order valence-electron chi connectivity index (χ1n) is 11.8. The quantitative estimate of drug-likeness (QED) is 0.246. The monoisotopic (exact) mass is 520 g/mol. The van der Waals surface area contributed by atoms with Crippen LogP contribution in [0.15, 0.2) is 63.8 Å². The van der Waals surface area contributed by atoms with Crippen LogP contribution in [0.25, 0.3) is 0 Å². The number of carbonyl (C=O) groups is 1. The van der Waals surface area contributed by atoms with Crippen LogP contribution in [0.1, 0.15) is 52.7 Å². The molecule has 2 aromatic carbocycles. The summed E-state index contributed by atoms with van der Waals surface area (Å²) in [4.78, 5) is 30.3. The lowest BCUT2D eigenvalue weighted by molar-refractivity contribution is -0.122. The number of amides is 1. The Morgan fingerprint density at radius 2 is 1.87 bits per heavy atom. The van der Waals surface area contributed by atoms with Gasteiger partial charge in [0.25, 0.3) is 0 Å². The van der Waals surface area contributed by atoms with E-state index >= 15 is 0 Å². The summed E-state index contributed by atoms with van der Waals surface area (Å²) in [6, 6.07) is 14.2. The zero-order chi connectivity index (χ0) is 27.2. The molecule has 11 nitrogen and oxygen atoms in total. The fourth-order valence-electron chi connectivity index (χ4n) is 4.12. The summed E-state index contributed by atoms with van der Waals surface area (Å²) in [5, 5.41) is 30.7.